The van der Waals surface area contributed by atoms with E-state index in [2.05, 4.69) is 52.9 Å². The molecule has 2 aromatic heterocycles. The number of rotatable bonds is 4. The fraction of sp³-hybridized carbons (Fsp3) is 0.588. The molecule has 0 aliphatic carbocycles. The molecule has 0 saturated carbocycles. The van der Waals surface area contributed by atoms with E-state index in [-0.39, 0.29) is 5.92 Å². The zero-order valence-electron chi connectivity index (χ0n) is 13.6. The van der Waals surface area contributed by atoms with E-state index < -0.39 is 0 Å². The SMILES string of the molecule is CC(C)c1nc([C@H]2CCCN([C@@H](C)c3ccncc3)C2)no1. The molecule has 3 heterocycles. The molecule has 0 N–H and O–H groups in total. The fourth-order valence-electron chi connectivity index (χ4n) is 3.07. The predicted molar refractivity (Wildman–Crippen MR) is 84.6 cm³/mol. The molecular formula is C17H24N4O. The lowest BCUT2D eigenvalue weighted by Gasteiger charge is -2.35. The molecule has 0 spiro atoms. The van der Waals surface area contributed by atoms with E-state index in [1.807, 2.05) is 12.4 Å². The van der Waals surface area contributed by atoms with Gasteiger partial charge in [-0.3, -0.25) is 9.88 Å². The van der Waals surface area contributed by atoms with Crippen molar-refractivity contribution in [3.8, 4) is 0 Å². The third kappa shape index (κ3) is 3.19. The first-order chi connectivity index (χ1) is 10.6. The first kappa shape index (κ1) is 15.2. The van der Waals surface area contributed by atoms with E-state index in [0.717, 1.165) is 31.2 Å². The number of nitrogens with zero attached hydrogens (tertiary/aromatic N) is 4. The van der Waals surface area contributed by atoms with Gasteiger partial charge < -0.3 is 4.52 Å². The molecule has 1 fully saturated rings. The standard InChI is InChI=1S/C17H24N4O/c1-12(2)17-19-16(20-22-17)15-5-4-10-21(11-15)13(3)14-6-8-18-9-7-14/h6-9,12-13,15H,4-5,10-11H2,1-3H3/t13-,15-/m0/s1. The van der Waals surface area contributed by atoms with Crippen molar-refractivity contribution in [2.24, 2.45) is 0 Å². The Labute approximate surface area is 131 Å². The van der Waals surface area contributed by atoms with E-state index in [4.69, 9.17) is 4.52 Å². The molecule has 0 bridgehead atoms. The molecule has 0 amide bonds. The second kappa shape index (κ2) is 6.57. The first-order valence-electron chi connectivity index (χ1n) is 8.12. The van der Waals surface area contributed by atoms with Gasteiger partial charge in [-0.2, -0.15) is 4.98 Å². The maximum absolute atomic E-state index is 5.37. The summed E-state index contributed by atoms with van der Waals surface area (Å²) < 4.78 is 5.37. The summed E-state index contributed by atoms with van der Waals surface area (Å²) in [5.74, 6) is 2.27. The maximum atomic E-state index is 5.37. The summed E-state index contributed by atoms with van der Waals surface area (Å²) >= 11 is 0. The van der Waals surface area contributed by atoms with Gasteiger partial charge in [0.1, 0.15) is 0 Å². The molecule has 0 radical (unpaired) electrons. The molecular weight excluding hydrogens is 276 g/mol. The highest BCUT2D eigenvalue weighted by atomic mass is 16.5. The molecule has 2 aromatic rings. The van der Waals surface area contributed by atoms with Gasteiger partial charge in [-0.05, 0) is 44.0 Å². The molecule has 22 heavy (non-hydrogen) atoms. The third-order valence-corrected chi connectivity index (χ3v) is 4.51. The lowest BCUT2D eigenvalue weighted by Crippen LogP contribution is -2.36. The van der Waals surface area contributed by atoms with E-state index in [9.17, 15) is 0 Å². The average molecular weight is 300 g/mol. The van der Waals surface area contributed by atoms with Crippen LogP contribution in [0.2, 0.25) is 0 Å². The molecule has 5 nitrogen and oxygen atoms in total. The van der Waals surface area contributed by atoms with Gasteiger partial charge in [-0.15, -0.1) is 0 Å². The van der Waals surface area contributed by atoms with Gasteiger partial charge in [0.15, 0.2) is 5.82 Å². The first-order valence-corrected chi connectivity index (χ1v) is 8.12. The van der Waals surface area contributed by atoms with Crippen molar-refractivity contribution in [3.05, 3.63) is 41.8 Å². The zero-order valence-corrected chi connectivity index (χ0v) is 13.6. The highest BCUT2D eigenvalue weighted by molar-refractivity contribution is 5.15. The van der Waals surface area contributed by atoms with E-state index in [1.54, 1.807) is 0 Å². The molecule has 3 rings (SSSR count). The molecule has 0 unspecified atom stereocenters. The third-order valence-electron chi connectivity index (χ3n) is 4.51. The van der Waals surface area contributed by atoms with Gasteiger partial charge in [0, 0.05) is 36.8 Å². The Kier molecular flexibility index (Phi) is 4.52. The number of piperidine rings is 1. The van der Waals surface area contributed by atoms with Crippen molar-refractivity contribution >= 4 is 0 Å². The fourth-order valence-corrected chi connectivity index (χ4v) is 3.07. The van der Waals surface area contributed by atoms with Crippen molar-refractivity contribution in [2.45, 2.75) is 51.5 Å². The minimum absolute atomic E-state index is 0.289. The number of aromatic nitrogens is 3. The molecule has 118 valence electrons. The van der Waals surface area contributed by atoms with Crippen LogP contribution in [0.3, 0.4) is 0 Å². The quantitative estimate of drug-likeness (QED) is 0.864. The van der Waals surface area contributed by atoms with Crippen molar-refractivity contribution in [3.63, 3.8) is 0 Å². The summed E-state index contributed by atoms with van der Waals surface area (Å²) in [5.41, 5.74) is 1.31. The lowest BCUT2D eigenvalue weighted by molar-refractivity contribution is 0.154. The Bertz CT molecular complexity index is 596. The Balaban J connectivity index is 1.71. The van der Waals surface area contributed by atoms with E-state index >= 15 is 0 Å². The second-order valence-corrected chi connectivity index (χ2v) is 6.44. The number of pyridine rings is 1. The van der Waals surface area contributed by atoms with Gasteiger partial charge in [0.25, 0.3) is 0 Å². The number of hydrogen-bond donors (Lipinski definition) is 0. The Morgan fingerprint density at radius 1 is 1.23 bits per heavy atom. The Morgan fingerprint density at radius 3 is 2.68 bits per heavy atom. The highest BCUT2D eigenvalue weighted by Gasteiger charge is 2.28. The van der Waals surface area contributed by atoms with Crippen LogP contribution in [0.1, 0.15) is 68.8 Å². The monoisotopic (exact) mass is 300 g/mol. The number of hydrogen-bond acceptors (Lipinski definition) is 5. The maximum Gasteiger partial charge on any atom is 0.229 e. The smallest absolute Gasteiger partial charge is 0.229 e. The van der Waals surface area contributed by atoms with Crippen molar-refractivity contribution in [1.82, 2.24) is 20.0 Å². The van der Waals surface area contributed by atoms with Crippen molar-refractivity contribution in [1.29, 1.82) is 0 Å². The van der Waals surface area contributed by atoms with E-state index in [1.165, 1.54) is 12.0 Å². The molecule has 1 saturated heterocycles. The molecule has 2 atom stereocenters. The minimum atomic E-state index is 0.289. The topological polar surface area (TPSA) is 55.1 Å². The summed E-state index contributed by atoms with van der Waals surface area (Å²) in [7, 11) is 0. The van der Waals surface area contributed by atoms with Gasteiger partial charge in [-0.1, -0.05) is 19.0 Å². The highest BCUT2D eigenvalue weighted by Crippen LogP contribution is 2.31. The van der Waals surface area contributed by atoms with Gasteiger partial charge in [-0.25, -0.2) is 0 Å². The van der Waals surface area contributed by atoms with Crippen LogP contribution in [-0.2, 0) is 0 Å². The second-order valence-electron chi connectivity index (χ2n) is 6.44. The average Bonchev–Trinajstić information content (AvgIpc) is 3.05. The van der Waals surface area contributed by atoms with Gasteiger partial charge in [0.2, 0.25) is 5.89 Å². The molecule has 0 aromatic carbocycles. The summed E-state index contributed by atoms with van der Waals surface area (Å²) in [6.45, 7) is 8.52. The Morgan fingerprint density at radius 2 is 2.00 bits per heavy atom. The molecule has 1 aliphatic heterocycles. The normalized spacial score (nSPS) is 21.2. The van der Waals surface area contributed by atoms with E-state index in [0.29, 0.717) is 12.0 Å². The van der Waals surface area contributed by atoms with Crippen molar-refractivity contribution < 1.29 is 4.52 Å². The molecule has 1 aliphatic rings. The van der Waals surface area contributed by atoms with Crippen LogP contribution < -0.4 is 0 Å². The number of likely N-dealkylation sites (tertiary alicyclic amines) is 1. The van der Waals surface area contributed by atoms with Crippen LogP contribution in [0.25, 0.3) is 0 Å². The van der Waals surface area contributed by atoms with Gasteiger partial charge in [0.05, 0.1) is 0 Å². The van der Waals surface area contributed by atoms with Crippen LogP contribution in [0.15, 0.2) is 29.0 Å². The Hall–Kier alpha value is -1.75. The summed E-state index contributed by atoms with van der Waals surface area (Å²) in [6, 6.07) is 4.58. The van der Waals surface area contributed by atoms with Crippen LogP contribution in [0.5, 0.6) is 0 Å². The zero-order chi connectivity index (χ0) is 15.5. The predicted octanol–water partition coefficient (Wildman–Crippen LogP) is 3.53. The summed E-state index contributed by atoms with van der Waals surface area (Å²) in [4.78, 5) is 11.2. The largest absolute Gasteiger partial charge is 0.339 e. The van der Waals surface area contributed by atoms with Crippen LogP contribution in [0.4, 0.5) is 0 Å². The van der Waals surface area contributed by atoms with Crippen molar-refractivity contribution in [2.75, 3.05) is 13.1 Å². The van der Waals surface area contributed by atoms with Gasteiger partial charge >= 0.3 is 0 Å². The molecule has 5 heteroatoms. The van der Waals surface area contributed by atoms with Crippen LogP contribution in [-0.4, -0.2) is 33.1 Å². The summed E-state index contributed by atoms with van der Waals surface area (Å²) in [6.07, 6.45) is 6.03. The van der Waals surface area contributed by atoms with Crippen LogP contribution >= 0.6 is 0 Å². The van der Waals surface area contributed by atoms with Crippen LogP contribution in [0, 0.1) is 0 Å². The lowest BCUT2D eigenvalue weighted by atomic mass is 9.95. The minimum Gasteiger partial charge on any atom is -0.339 e. The summed E-state index contributed by atoms with van der Waals surface area (Å²) in [5, 5.41) is 4.20.